The zero-order valence-electron chi connectivity index (χ0n) is 45.4. The van der Waals surface area contributed by atoms with Gasteiger partial charge in [0.15, 0.2) is 17.8 Å². The molecule has 2 aromatic heterocycles. The highest BCUT2D eigenvalue weighted by atomic mass is 16.5. The molecule has 2 aliphatic rings. The van der Waals surface area contributed by atoms with E-state index in [4.69, 9.17) is 44.6 Å². The number of nitrogens with one attached hydrogen (secondary N) is 1. The molecule has 2 aliphatic heterocycles. The average molecular weight is 1000 g/mol. The van der Waals surface area contributed by atoms with Crippen molar-refractivity contribution >= 4 is 11.8 Å². The first-order valence-corrected chi connectivity index (χ1v) is 26.1. The summed E-state index contributed by atoms with van der Waals surface area (Å²) in [6, 6.07) is 24.9. The number of amides is 2. The zero-order valence-corrected chi connectivity index (χ0v) is 45.4. The van der Waals surface area contributed by atoms with E-state index in [1.165, 1.54) is 11.1 Å². The second kappa shape index (κ2) is 23.1. The van der Waals surface area contributed by atoms with Crippen LogP contribution in [-0.2, 0) is 22.8 Å². The van der Waals surface area contributed by atoms with Crippen molar-refractivity contribution in [2.45, 2.75) is 139 Å². The van der Waals surface area contributed by atoms with Gasteiger partial charge in [-0.15, -0.1) is 0 Å². The molecule has 4 heterocycles. The van der Waals surface area contributed by atoms with E-state index in [0.29, 0.717) is 74.3 Å². The number of hydrogen-bond donors (Lipinski definition) is 2. The lowest BCUT2D eigenvalue weighted by molar-refractivity contribution is -0.131. The molecular formula is C60H74N8O6. The second-order valence-corrected chi connectivity index (χ2v) is 21.0. The van der Waals surface area contributed by atoms with Gasteiger partial charge in [0, 0.05) is 37.3 Å². The van der Waals surface area contributed by atoms with Gasteiger partial charge in [-0.2, -0.15) is 9.97 Å². The number of aryl methyl sites for hydroxylation is 8. The number of nitrogens with two attached hydrogens (primary N) is 1. The molecule has 2 amide bonds. The molecule has 3 atom stereocenters. The van der Waals surface area contributed by atoms with Crippen LogP contribution in [0.3, 0.4) is 0 Å². The molecule has 0 radical (unpaired) electrons. The first-order chi connectivity index (χ1) is 35.3. The van der Waals surface area contributed by atoms with E-state index < -0.39 is 12.1 Å². The third-order valence-electron chi connectivity index (χ3n) is 14.5. The van der Waals surface area contributed by atoms with Gasteiger partial charge in [0.05, 0.1) is 29.1 Å². The number of carbonyl (C=O) groups is 2. The van der Waals surface area contributed by atoms with Crippen LogP contribution in [0, 0.1) is 55.4 Å². The van der Waals surface area contributed by atoms with Gasteiger partial charge in [-0.1, -0.05) is 88.4 Å². The number of nitrogens with zero attached hydrogens (tertiary/aromatic N) is 6. The van der Waals surface area contributed by atoms with Crippen molar-refractivity contribution in [1.29, 1.82) is 0 Å². The van der Waals surface area contributed by atoms with Crippen molar-refractivity contribution < 1.29 is 28.5 Å². The normalized spacial score (nSPS) is 16.5. The number of primary amides is 1. The molecule has 2 fully saturated rings. The number of ether oxygens (including phenoxy) is 4. The Balaban J connectivity index is 0.945. The molecular weight excluding hydrogens is 929 g/mol. The minimum Gasteiger partial charge on any atom is -0.488 e. The monoisotopic (exact) mass is 1000 g/mol. The number of rotatable bonds is 19. The van der Waals surface area contributed by atoms with E-state index in [1.54, 1.807) is 0 Å². The van der Waals surface area contributed by atoms with Gasteiger partial charge in [0.1, 0.15) is 36.9 Å². The molecule has 0 saturated carbocycles. The van der Waals surface area contributed by atoms with Crippen molar-refractivity contribution in [2.24, 2.45) is 5.73 Å². The Morgan fingerprint density at radius 1 is 0.608 bits per heavy atom. The number of aromatic nitrogens is 4. The molecule has 1 unspecified atom stereocenters. The molecule has 0 spiro atoms. The third-order valence-corrected chi connectivity index (χ3v) is 14.5. The van der Waals surface area contributed by atoms with Gasteiger partial charge in [0.25, 0.3) is 5.91 Å². The minimum absolute atomic E-state index is 0.0551. The van der Waals surface area contributed by atoms with Crippen molar-refractivity contribution in [3.05, 3.63) is 140 Å². The molecule has 74 heavy (non-hydrogen) atoms. The van der Waals surface area contributed by atoms with Gasteiger partial charge in [0.2, 0.25) is 17.7 Å². The molecule has 8 rings (SSSR count). The Hall–Kier alpha value is -6.90. The first kappa shape index (κ1) is 53.4. The number of carbonyl (C=O) groups excluding carboxylic acids is 2. The van der Waals surface area contributed by atoms with Crippen LogP contribution in [-0.4, -0.2) is 92.6 Å². The smallest absolute Gasteiger partial charge is 0.255 e. The number of likely N-dealkylation sites (tertiary alicyclic amines) is 2. The predicted octanol–water partition coefficient (Wildman–Crippen LogP) is 10.0. The molecule has 14 nitrogen and oxygen atoms in total. The van der Waals surface area contributed by atoms with E-state index in [1.807, 2.05) is 49.6 Å². The van der Waals surface area contributed by atoms with Crippen LogP contribution in [0.1, 0.15) is 119 Å². The molecule has 390 valence electrons. The first-order valence-electron chi connectivity index (χ1n) is 26.1. The Morgan fingerprint density at radius 2 is 1.05 bits per heavy atom. The van der Waals surface area contributed by atoms with E-state index >= 15 is 0 Å². The summed E-state index contributed by atoms with van der Waals surface area (Å²) in [4.78, 5) is 51.0. The van der Waals surface area contributed by atoms with Gasteiger partial charge < -0.3 is 30.0 Å². The largest absolute Gasteiger partial charge is 0.488 e. The molecule has 0 aliphatic carbocycles. The van der Waals surface area contributed by atoms with E-state index in [9.17, 15) is 9.59 Å². The highest BCUT2D eigenvalue weighted by Crippen LogP contribution is 2.35. The molecule has 6 aromatic rings. The summed E-state index contributed by atoms with van der Waals surface area (Å²) in [6.07, 6.45) is -0.421. The highest BCUT2D eigenvalue weighted by molar-refractivity contribution is 5.87. The molecule has 0 bridgehead atoms. The lowest BCUT2D eigenvalue weighted by atomic mass is 10.0. The van der Waals surface area contributed by atoms with Gasteiger partial charge in [-0.3, -0.25) is 19.4 Å². The Labute approximate surface area is 437 Å². The summed E-state index contributed by atoms with van der Waals surface area (Å²) in [6.45, 7) is 27.3. The summed E-state index contributed by atoms with van der Waals surface area (Å²) in [7, 11) is 0. The van der Waals surface area contributed by atoms with Crippen molar-refractivity contribution in [1.82, 2.24) is 35.1 Å². The summed E-state index contributed by atoms with van der Waals surface area (Å²) in [5.74, 6) is 3.40. The van der Waals surface area contributed by atoms with Crippen LogP contribution in [0.15, 0.2) is 72.8 Å². The third kappa shape index (κ3) is 12.4. The van der Waals surface area contributed by atoms with Crippen molar-refractivity contribution in [2.75, 3.05) is 32.7 Å². The van der Waals surface area contributed by atoms with Crippen LogP contribution >= 0.6 is 0 Å². The van der Waals surface area contributed by atoms with Gasteiger partial charge >= 0.3 is 0 Å². The van der Waals surface area contributed by atoms with Crippen LogP contribution in [0.25, 0.3) is 22.8 Å². The Kier molecular flexibility index (Phi) is 16.7. The fraction of sp³-hybridized carbons (Fsp3) is 0.433. The van der Waals surface area contributed by atoms with E-state index in [2.05, 4.69) is 121 Å². The average Bonchev–Trinajstić information content (AvgIpc) is 3.99. The van der Waals surface area contributed by atoms with E-state index in [0.717, 1.165) is 78.5 Å². The van der Waals surface area contributed by atoms with Crippen LogP contribution in [0.4, 0.5) is 0 Å². The molecule has 14 heteroatoms. The maximum atomic E-state index is 13.8. The standard InChI is InChI=1S/C60H74N8O6/c1-34(2)44-21-19-36(5)50(27-44)71-32-48-42(11)62-56(53-38(7)15-13-16-39(53)8)65-59(48)73-46-23-25-67(29-46)31-52(69)64-58(55(61)70)68-26-24-47(30-68)74-60-49(33-72-51-28-45(35(3)4)22-20-37(51)6)43(12)63-57(66-60)54-40(9)17-14-18-41(54)10/h13-22,27-28,34-35,46-47,58H,23-26,29-33H2,1-12H3,(H2,61,70)(H,64,69)/t46-,47+,58?/m1/s1. The SMILES string of the molecule is Cc1ccc(C(C)C)cc1OCc1c(C)nc(-c2c(C)cccc2C)nc1O[C@@H]1CCN(CC(=O)NC(C(N)=O)N2CC[C@H](Oc3nc(-c4c(C)cccc4C)nc(C)c3COc3cc(C(C)C)ccc3C)C2)C1. The summed E-state index contributed by atoms with van der Waals surface area (Å²) < 4.78 is 26.6. The Bertz CT molecular complexity index is 2990. The highest BCUT2D eigenvalue weighted by Gasteiger charge is 2.36. The van der Waals surface area contributed by atoms with Gasteiger partial charge in [-0.25, -0.2) is 9.97 Å². The quantitative estimate of drug-likeness (QED) is 0.0790. The summed E-state index contributed by atoms with van der Waals surface area (Å²) in [5.41, 5.74) is 19.7. The fourth-order valence-electron chi connectivity index (χ4n) is 9.97. The molecule has 3 N–H and O–H groups in total. The number of benzene rings is 4. The second-order valence-electron chi connectivity index (χ2n) is 21.0. The Morgan fingerprint density at radius 3 is 1.50 bits per heavy atom. The molecule has 4 aromatic carbocycles. The fourth-order valence-corrected chi connectivity index (χ4v) is 9.97. The lowest BCUT2D eigenvalue weighted by Gasteiger charge is -2.27. The van der Waals surface area contributed by atoms with E-state index in [-0.39, 0.29) is 37.9 Å². The van der Waals surface area contributed by atoms with Crippen molar-refractivity contribution in [3.8, 4) is 46.0 Å². The summed E-state index contributed by atoms with van der Waals surface area (Å²) >= 11 is 0. The molecule has 2 saturated heterocycles. The van der Waals surface area contributed by atoms with Crippen LogP contribution < -0.4 is 30.0 Å². The maximum Gasteiger partial charge on any atom is 0.255 e. The minimum atomic E-state index is -1.04. The maximum absolute atomic E-state index is 13.8. The zero-order chi connectivity index (χ0) is 53.0. The lowest BCUT2D eigenvalue weighted by Crippen LogP contribution is -2.56. The summed E-state index contributed by atoms with van der Waals surface area (Å²) in [5, 5.41) is 2.95. The van der Waals surface area contributed by atoms with Crippen molar-refractivity contribution in [3.63, 3.8) is 0 Å². The van der Waals surface area contributed by atoms with Crippen LogP contribution in [0.2, 0.25) is 0 Å². The van der Waals surface area contributed by atoms with Crippen LogP contribution in [0.5, 0.6) is 23.3 Å². The van der Waals surface area contributed by atoms with Gasteiger partial charge in [-0.05, 0) is 137 Å². The number of hydrogen-bond acceptors (Lipinski definition) is 12. The topological polar surface area (TPSA) is 167 Å². The predicted molar refractivity (Wildman–Crippen MR) is 290 cm³/mol.